The zero-order valence-electron chi connectivity index (χ0n) is 11.4. The van der Waals surface area contributed by atoms with Gasteiger partial charge in [0.25, 0.3) is 0 Å². The number of hydrogen-bond acceptors (Lipinski definition) is 0. The van der Waals surface area contributed by atoms with E-state index in [1.165, 1.54) is 5.19 Å². The molecule has 0 amide bonds. The predicted molar refractivity (Wildman–Crippen MR) is 78.6 cm³/mol. The normalized spacial score (nSPS) is 11.7. The van der Waals surface area contributed by atoms with Gasteiger partial charge in [0.05, 0.1) is 8.07 Å². The second-order valence-electron chi connectivity index (χ2n) is 6.62. The van der Waals surface area contributed by atoms with Crippen LogP contribution in [0.4, 0.5) is 0 Å². The summed E-state index contributed by atoms with van der Waals surface area (Å²) in [6.07, 6.45) is 0. The van der Waals surface area contributed by atoms with Gasteiger partial charge in [-0.3, -0.25) is 0 Å². The second-order valence-corrected chi connectivity index (χ2v) is 17.7. The molecule has 0 aliphatic heterocycles. The van der Waals surface area contributed by atoms with Crippen LogP contribution in [0.3, 0.4) is 0 Å². The molecule has 0 unspecified atom stereocenters. The summed E-state index contributed by atoms with van der Waals surface area (Å²) in [5.41, 5.74) is 0. The van der Waals surface area contributed by atoms with Crippen LogP contribution in [0, 0.1) is 0 Å². The molecule has 0 N–H and O–H groups in total. The lowest BCUT2D eigenvalue weighted by Crippen LogP contribution is -2.37. The van der Waals surface area contributed by atoms with Crippen LogP contribution in [-0.4, -0.2) is 16.1 Å². The predicted octanol–water partition coefficient (Wildman–Crippen LogP) is 4.19. The molecule has 0 bridgehead atoms. The van der Waals surface area contributed by atoms with Crippen molar-refractivity contribution in [2.24, 2.45) is 0 Å². The topological polar surface area (TPSA) is 0 Å². The minimum Gasteiger partial charge on any atom is -0.0697 e. The molecule has 2 heteroatoms. The molecule has 15 heavy (non-hydrogen) atoms. The maximum Gasteiger partial charge on any atom is 0.0775 e. The summed E-state index contributed by atoms with van der Waals surface area (Å²) in [5.74, 6) is 0. The van der Waals surface area contributed by atoms with Crippen molar-refractivity contribution in [3.8, 4) is 0 Å². The van der Waals surface area contributed by atoms with Gasteiger partial charge in [0.2, 0.25) is 0 Å². The van der Waals surface area contributed by atoms with Gasteiger partial charge in [0.15, 0.2) is 0 Å². The van der Waals surface area contributed by atoms with Crippen molar-refractivity contribution in [1.82, 2.24) is 0 Å². The van der Waals surface area contributed by atoms with Gasteiger partial charge in [-0.2, -0.15) is 0 Å². The Morgan fingerprint density at radius 1 is 0.667 bits per heavy atom. The molecule has 0 fully saturated rings. The van der Waals surface area contributed by atoms with E-state index in [4.69, 9.17) is 0 Å². The summed E-state index contributed by atoms with van der Waals surface area (Å²) in [6.45, 7) is 16.4. The molecule has 0 spiro atoms. The highest BCUT2D eigenvalue weighted by Crippen LogP contribution is 2.00. The second kappa shape index (κ2) is 5.66. The maximum absolute atomic E-state index is 2.36. The lowest BCUT2D eigenvalue weighted by Gasteiger charge is -2.15. The first-order valence-electron chi connectivity index (χ1n) is 5.66. The van der Waals surface area contributed by atoms with Crippen LogP contribution in [0.2, 0.25) is 45.8 Å². The van der Waals surface area contributed by atoms with Gasteiger partial charge in [0, 0.05) is 8.07 Å². The van der Waals surface area contributed by atoms with Crippen LogP contribution in [0.15, 0.2) is 30.3 Å². The maximum atomic E-state index is 2.36. The first kappa shape index (κ1) is 14.7. The highest BCUT2D eigenvalue weighted by molar-refractivity contribution is 6.88. The van der Waals surface area contributed by atoms with Crippen molar-refractivity contribution in [2.45, 2.75) is 45.8 Å². The number of hydrogen-bond donors (Lipinski definition) is 0. The molecular formula is C13H26Si2. The van der Waals surface area contributed by atoms with E-state index in [-0.39, 0.29) is 0 Å². The standard InChI is InChI=1S/C9H14Si.C4H12Si/c1-10(2,3)9-7-5-4-6-8-9;1-5(2,3)4/h4-8H,1-3H3;1-4H3. The fourth-order valence-electron chi connectivity index (χ4n) is 0.938. The molecule has 0 nitrogen and oxygen atoms in total. The van der Waals surface area contributed by atoms with Crippen molar-refractivity contribution in [2.75, 3.05) is 0 Å². The summed E-state index contributed by atoms with van der Waals surface area (Å²) in [7, 11) is -1.64. The first-order valence-corrected chi connectivity index (χ1v) is 13.2. The molecule has 1 rings (SSSR count). The van der Waals surface area contributed by atoms with Crippen LogP contribution in [-0.2, 0) is 0 Å². The van der Waals surface area contributed by atoms with E-state index in [1.807, 2.05) is 0 Å². The van der Waals surface area contributed by atoms with E-state index >= 15 is 0 Å². The first-order chi connectivity index (χ1) is 6.61. The Hall–Kier alpha value is -0.346. The largest absolute Gasteiger partial charge is 0.0775 e. The van der Waals surface area contributed by atoms with E-state index in [0.29, 0.717) is 0 Å². The Morgan fingerprint density at radius 3 is 1.20 bits per heavy atom. The summed E-state index contributed by atoms with van der Waals surface area (Å²) >= 11 is 0. The van der Waals surface area contributed by atoms with Crippen molar-refractivity contribution < 1.29 is 0 Å². The van der Waals surface area contributed by atoms with Gasteiger partial charge < -0.3 is 0 Å². The van der Waals surface area contributed by atoms with E-state index in [1.54, 1.807) is 0 Å². The molecule has 1 aromatic rings. The average Bonchev–Trinajstić information content (AvgIpc) is 2.01. The zero-order valence-corrected chi connectivity index (χ0v) is 13.4. The Morgan fingerprint density at radius 2 is 1.00 bits per heavy atom. The number of rotatable bonds is 1. The molecule has 0 saturated carbocycles. The van der Waals surface area contributed by atoms with Gasteiger partial charge in [-0.05, 0) is 0 Å². The van der Waals surface area contributed by atoms with Crippen LogP contribution in [0.5, 0.6) is 0 Å². The van der Waals surface area contributed by atoms with E-state index < -0.39 is 16.1 Å². The fourth-order valence-corrected chi connectivity index (χ4v) is 2.13. The van der Waals surface area contributed by atoms with Crippen LogP contribution < -0.4 is 5.19 Å². The summed E-state index contributed by atoms with van der Waals surface area (Å²) in [4.78, 5) is 0. The van der Waals surface area contributed by atoms with Gasteiger partial charge >= 0.3 is 0 Å². The molecule has 1 aromatic carbocycles. The van der Waals surface area contributed by atoms with Crippen molar-refractivity contribution >= 4 is 21.3 Å². The van der Waals surface area contributed by atoms with Crippen LogP contribution in [0.25, 0.3) is 0 Å². The van der Waals surface area contributed by atoms with Crippen molar-refractivity contribution in [1.29, 1.82) is 0 Å². The monoisotopic (exact) mass is 238 g/mol. The third kappa shape index (κ3) is 9.95. The van der Waals surface area contributed by atoms with E-state index in [0.717, 1.165) is 0 Å². The average molecular weight is 239 g/mol. The quantitative estimate of drug-likeness (QED) is 0.644. The van der Waals surface area contributed by atoms with Gasteiger partial charge in [-0.15, -0.1) is 0 Å². The molecule has 0 aliphatic rings. The van der Waals surface area contributed by atoms with E-state index in [9.17, 15) is 0 Å². The Bertz CT molecular complexity index is 259. The van der Waals surface area contributed by atoms with Crippen molar-refractivity contribution in [3.63, 3.8) is 0 Å². The SMILES string of the molecule is C[Si](C)(C)C.C[Si](C)(C)c1ccccc1. The van der Waals surface area contributed by atoms with Gasteiger partial charge in [0.1, 0.15) is 0 Å². The molecule has 0 atom stereocenters. The molecule has 0 aliphatic carbocycles. The molecule has 0 saturated heterocycles. The van der Waals surface area contributed by atoms with Crippen molar-refractivity contribution in [3.05, 3.63) is 30.3 Å². The van der Waals surface area contributed by atoms with Crippen LogP contribution >= 0.6 is 0 Å². The third-order valence-electron chi connectivity index (χ3n) is 1.64. The molecular weight excluding hydrogens is 212 g/mol. The summed E-state index contributed by atoms with van der Waals surface area (Å²) in [6, 6.07) is 10.8. The van der Waals surface area contributed by atoms with Gasteiger partial charge in [-0.25, -0.2) is 0 Å². The fraction of sp³-hybridized carbons (Fsp3) is 0.538. The Balaban J connectivity index is 0.000000336. The summed E-state index contributed by atoms with van der Waals surface area (Å²) < 4.78 is 0. The summed E-state index contributed by atoms with van der Waals surface area (Å²) in [5, 5.41) is 1.54. The zero-order chi connectivity index (χ0) is 12.1. The number of benzene rings is 1. The molecule has 86 valence electrons. The van der Waals surface area contributed by atoms with Gasteiger partial charge in [-0.1, -0.05) is 81.3 Å². The molecule has 0 heterocycles. The van der Waals surface area contributed by atoms with E-state index in [2.05, 4.69) is 76.2 Å². The highest BCUT2D eigenvalue weighted by atomic mass is 28.3. The lowest BCUT2D eigenvalue weighted by atomic mass is 10.4. The van der Waals surface area contributed by atoms with Crippen LogP contribution in [0.1, 0.15) is 0 Å². The third-order valence-corrected chi connectivity index (χ3v) is 3.71. The lowest BCUT2D eigenvalue weighted by molar-refractivity contribution is 1.68. The minimum atomic E-state index is -1.03. The highest BCUT2D eigenvalue weighted by Gasteiger charge is 2.14. The smallest absolute Gasteiger partial charge is 0.0697 e. The minimum absolute atomic E-state index is 0.611. The Kier molecular flexibility index (Phi) is 5.53. The molecule has 0 radical (unpaired) electrons. The Labute approximate surface area is 97.8 Å². The molecule has 0 aromatic heterocycles.